The summed E-state index contributed by atoms with van der Waals surface area (Å²) in [5.41, 5.74) is 4.34. The van der Waals surface area contributed by atoms with Crippen LogP contribution in [-0.2, 0) is 0 Å². The first-order valence-corrected chi connectivity index (χ1v) is 12.3. The molecule has 1 amide bonds. The number of carbonyl (C=O) groups is 1. The number of likely N-dealkylation sites (tertiary alicyclic amines) is 1. The number of carbonyl (C=O) groups excluding carboxylic acids is 1. The lowest BCUT2D eigenvalue weighted by Crippen LogP contribution is -2.31. The van der Waals surface area contributed by atoms with Crippen LogP contribution in [0.25, 0.3) is 22.3 Å². The summed E-state index contributed by atoms with van der Waals surface area (Å²) in [5, 5.41) is 4.66. The minimum Gasteiger partial charge on any atom is -0.384 e. The molecule has 0 saturated carbocycles. The SMILES string of the molecule is CCN(CC)C(=O)c1ccc(-c2cc(NCCCN3CCCCC3)c3cccnc3n2)cc1. The van der Waals surface area contributed by atoms with Crippen molar-refractivity contribution in [2.24, 2.45) is 0 Å². The van der Waals surface area contributed by atoms with Gasteiger partial charge in [0.1, 0.15) is 0 Å². The summed E-state index contributed by atoms with van der Waals surface area (Å²) in [6.45, 7) is 9.96. The molecule has 1 fully saturated rings. The molecule has 1 aromatic carbocycles. The number of amides is 1. The second-order valence-electron chi connectivity index (χ2n) is 8.67. The number of nitrogens with one attached hydrogen (secondary N) is 1. The van der Waals surface area contributed by atoms with Crippen molar-refractivity contribution >= 4 is 22.6 Å². The predicted octanol–water partition coefficient (Wildman–Crippen LogP) is 5.07. The van der Waals surface area contributed by atoms with Crippen LogP contribution in [-0.4, -0.2) is 64.9 Å². The number of fused-ring (bicyclic) bond motifs is 1. The van der Waals surface area contributed by atoms with Crippen molar-refractivity contribution in [1.29, 1.82) is 0 Å². The Hall–Kier alpha value is -2.99. The van der Waals surface area contributed by atoms with E-state index >= 15 is 0 Å². The Morgan fingerprint density at radius 3 is 2.55 bits per heavy atom. The van der Waals surface area contributed by atoms with Crippen LogP contribution in [0.5, 0.6) is 0 Å². The second-order valence-corrected chi connectivity index (χ2v) is 8.67. The number of rotatable bonds is 9. The van der Waals surface area contributed by atoms with Crippen molar-refractivity contribution in [2.75, 3.05) is 44.6 Å². The van der Waals surface area contributed by atoms with Gasteiger partial charge in [-0.05, 0) is 83.1 Å². The average molecular weight is 446 g/mol. The van der Waals surface area contributed by atoms with E-state index in [4.69, 9.17) is 4.98 Å². The van der Waals surface area contributed by atoms with E-state index in [9.17, 15) is 4.79 Å². The minimum atomic E-state index is 0.0655. The number of hydrogen-bond acceptors (Lipinski definition) is 5. The third kappa shape index (κ3) is 5.69. The fourth-order valence-electron chi connectivity index (χ4n) is 4.54. The van der Waals surface area contributed by atoms with Gasteiger partial charge in [0.05, 0.1) is 5.69 Å². The van der Waals surface area contributed by atoms with Crippen molar-refractivity contribution in [3.63, 3.8) is 0 Å². The molecule has 1 aliphatic rings. The molecule has 0 atom stereocenters. The van der Waals surface area contributed by atoms with Gasteiger partial charge in [-0.2, -0.15) is 0 Å². The molecular weight excluding hydrogens is 410 g/mol. The second kappa shape index (κ2) is 11.2. The van der Waals surface area contributed by atoms with E-state index < -0.39 is 0 Å². The third-order valence-electron chi connectivity index (χ3n) is 6.48. The molecule has 1 N–H and O–H groups in total. The summed E-state index contributed by atoms with van der Waals surface area (Å²) in [5.74, 6) is 0.0655. The van der Waals surface area contributed by atoms with E-state index in [-0.39, 0.29) is 5.91 Å². The zero-order valence-corrected chi connectivity index (χ0v) is 19.9. The van der Waals surface area contributed by atoms with Gasteiger partial charge >= 0.3 is 0 Å². The zero-order valence-electron chi connectivity index (χ0n) is 19.9. The van der Waals surface area contributed by atoms with E-state index in [2.05, 4.69) is 27.3 Å². The number of hydrogen-bond donors (Lipinski definition) is 1. The lowest BCUT2D eigenvalue weighted by Gasteiger charge is -2.26. The van der Waals surface area contributed by atoms with Crippen LogP contribution in [0, 0.1) is 0 Å². The van der Waals surface area contributed by atoms with E-state index in [0.717, 1.165) is 47.5 Å². The van der Waals surface area contributed by atoms with Gasteiger partial charge in [0.2, 0.25) is 0 Å². The summed E-state index contributed by atoms with van der Waals surface area (Å²) in [6.07, 6.45) is 6.93. The Kier molecular flexibility index (Phi) is 7.89. The molecule has 4 rings (SSSR count). The van der Waals surface area contributed by atoms with Crippen LogP contribution >= 0.6 is 0 Å². The number of anilines is 1. The molecule has 1 saturated heterocycles. The quantitative estimate of drug-likeness (QED) is 0.466. The summed E-state index contributed by atoms with van der Waals surface area (Å²) in [6, 6.07) is 13.9. The maximum atomic E-state index is 12.6. The number of aromatic nitrogens is 2. The molecule has 0 bridgehead atoms. The number of piperidine rings is 1. The van der Waals surface area contributed by atoms with Gasteiger partial charge in [-0.15, -0.1) is 0 Å². The van der Waals surface area contributed by atoms with Crippen molar-refractivity contribution in [3.05, 3.63) is 54.2 Å². The first kappa shape index (κ1) is 23.2. The van der Waals surface area contributed by atoms with Crippen molar-refractivity contribution in [3.8, 4) is 11.3 Å². The van der Waals surface area contributed by atoms with Gasteiger partial charge in [-0.3, -0.25) is 4.79 Å². The Balaban J connectivity index is 1.50. The van der Waals surface area contributed by atoms with Crippen LogP contribution in [0.2, 0.25) is 0 Å². The van der Waals surface area contributed by atoms with Crippen molar-refractivity contribution in [1.82, 2.24) is 19.8 Å². The first-order chi connectivity index (χ1) is 16.2. The van der Waals surface area contributed by atoms with Gasteiger partial charge in [0.15, 0.2) is 5.65 Å². The Morgan fingerprint density at radius 2 is 1.82 bits per heavy atom. The van der Waals surface area contributed by atoms with Crippen LogP contribution < -0.4 is 5.32 Å². The lowest BCUT2D eigenvalue weighted by atomic mass is 10.1. The number of benzene rings is 1. The topological polar surface area (TPSA) is 61.4 Å². The van der Waals surface area contributed by atoms with Crippen LogP contribution in [0.3, 0.4) is 0 Å². The molecule has 0 unspecified atom stereocenters. The highest BCUT2D eigenvalue weighted by atomic mass is 16.2. The molecule has 0 spiro atoms. The maximum Gasteiger partial charge on any atom is 0.253 e. The fraction of sp³-hybridized carbons (Fsp3) is 0.444. The molecule has 1 aliphatic heterocycles. The van der Waals surface area contributed by atoms with Crippen LogP contribution in [0.1, 0.15) is 49.9 Å². The van der Waals surface area contributed by atoms with Gasteiger partial charge in [-0.25, -0.2) is 9.97 Å². The summed E-state index contributed by atoms with van der Waals surface area (Å²) in [4.78, 5) is 26.3. The highest BCUT2D eigenvalue weighted by Crippen LogP contribution is 2.28. The maximum absolute atomic E-state index is 12.6. The largest absolute Gasteiger partial charge is 0.384 e. The lowest BCUT2D eigenvalue weighted by molar-refractivity contribution is 0.0773. The molecule has 0 aliphatic carbocycles. The number of pyridine rings is 2. The number of nitrogens with zero attached hydrogens (tertiary/aromatic N) is 4. The molecule has 174 valence electrons. The van der Waals surface area contributed by atoms with Gasteiger partial charge < -0.3 is 15.1 Å². The summed E-state index contributed by atoms with van der Waals surface area (Å²) in [7, 11) is 0. The van der Waals surface area contributed by atoms with Crippen LogP contribution in [0.15, 0.2) is 48.7 Å². The predicted molar refractivity (Wildman–Crippen MR) is 136 cm³/mol. The highest BCUT2D eigenvalue weighted by molar-refractivity contribution is 5.95. The standard InChI is InChI=1S/C27H35N5O/c1-3-32(4-2)27(33)22-13-11-21(12-14-22)24-20-25(23-10-8-15-29-26(23)30-24)28-16-9-19-31-17-6-5-7-18-31/h8,10-15,20H,3-7,9,16-19H2,1-2H3,(H,28,29,30). The highest BCUT2D eigenvalue weighted by Gasteiger charge is 2.14. The van der Waals surface area contributed by atoms with E-state index in [1.807, 2.05) is 49.1 Å². The van der Waals surface area contributed by atoms with E-state index in [1.165, 1.54) is 32.4 Å². The molecule has 0 radical (unpaired) electrons. The Bertz CT molecular complexity index is 1060. The normalized spacial score (nSPS) is 14.4. The van der Waals surface area contributed by atoms with E-state index in [1.54, 1.807) is 6.20 Å². The zero-order chi connectivity index (χ0) is 23.0. The van der Waals surface area contributed by atoms with Crippen molar-refractivity contribution < 1.29 is 4.79 Å². The minimum absolute atomic E-state index is 0.0655. The van der Waals surface area contributed by atoms with Crippen molar-refractivity contribution in [2.45, 2.75) is 39.5 Å². The molecule has 6 heteroatoms. The molecule has 3 heterocycles. The average Bonchev–Trinajstić information content (AvgIpc) is 2.87. The Morgan fingerprint density at radius 1 is 1.06 bits per heavy atom. The molecule has 33 heavy (non-hydrogen) atoms. The fourth-order valence-corrected chi connectivity index (χ4v) is 4.54. The molecule has 2 aromatic heterocycles. The molecule has 3 aromatic rings. The van der Waals surface area contributed by atoms with Gasteiger partial charge in [-0.1, -0.05) is 18.6 Å². The Labute approximate surface area is 197 Å². The molecule has 6 nitrogen and oxygen atoms in total. The van der Waals surface area contributed by atoms with Crippen LogP contribution in [0.4, 0.5) is 5.69 Å². The monoisotopic (exact) mass is 445 g/mol. The molecular formula is C27H35N5O. The van der Waals surface area contributed by atoms with Gasteiger partial charge in [0, 0.05) is 48.0 Å². The first-order valence-electron chi connectivity index (χ1n) is 12.3. The van der Waals surface area contributed by atoms with Gasteiger partial charge in [0.25, 0.3) is 5.91 Å². The summed E-state index contributed by atoms with van der Waals surface area (Å²) < 4.78 is 0. The third-order valence-corrected chi connectivity index (χ3v) is 6.48. The van der Waals surface area contributed by atoms with E-state index in [0.29, 0.717) is 18.7 Å². The summed E-state index contributed by atoms with van der Waals surface area (Å²) >= 11 is 0. The smallest absolute Gasteiger partial charge is 0.253 e.